The molecule has 0 fully saturated rings. The van der Waals surface area contributed by atoms with Crippen LogP contribution in [0.3, 0.4) is 0 Å². The molecule has 1 unspecified atom stereocenters. The van der Waals surface area contributed by atoms with Crippen molar-refractivity contribution in [2.75, 3.05) is 13.7 Å². The Balaban J connectivity index is 2.51. The summed E-state index contributed by atoms with van der Waals surface area (Å²) in [6, 6.07) is 5.62. The maximum absolute atomic E-state index is 13.4. The van der Waals surface area contributed by atoms with Gasteiger partial charge in [0, 0.05) is 17.8 Å². The highest BCUT2D eigenvalue weighted by Crippen LogP contribution is 2.26. The van der Waals surface area contributed by atoms with Gasteiger partial charge in [0.2, 0.25) is 10.0 Å². The minimum Gasteiger partial charge on any atom is -0.464 e. The number of H-pyrrole nitrogens is 1. The van der Waals surface area contributed by atoms with Crippen molar-refractivity contribution in [3.63, 3.8) is 0 Å². The maximum Gasteiger partial charge on any atom is 0.354 e. The molecule has 1 N–H and O–H groups in total. The number of aromatic nitrogens is 1. The van der Waals surface area contributed by atoms with E-state index in [-0.39, 0.29) is 28.8 Å². The Hall–Kier alpha value is -2.45. The average Bonchev–Trinajstić information content (AvgIpc) is 2.98. The van der Waals surface area contributed by atoms with Crippen LogP contribution in [0.5, 0.6) is 0 Å². The first-order valence-electron chi connectivity index (χ1n) is 9.82. The number of ether oxygens (including phenoxy) is 1. The topological polar surface area (TPSA) is 96.5 Å². The molecule has 1 aromatic heterocycles. The number of carbonyl (C=O) groups is 2. The lowest BCUT2D eigenvalue weighted by Gasteiger charge is -2.29. The fourth-order valence-corrected chi connectivity index (χ4v) is 5.19. The van der Waals surface area contributed by atoms with Gasteiger partial charge in [-0.25, -0.2) is 13.2 Å². The number of aromatic amines is 1. The first-order chi connectivity index (χ1) is 13.9. The molecule has 2 rings (SSSR count). The number of Topliss-reactive ketones (excluding diaryl/α,β-unsaturated/α-hetero) is 1. The third-order valence-corrected chi connectivity index (χ3v) is 7.01. The largest absolute Gasteiger partial charge is 0.464 e. The number of hydrogen-bond donors (Lipinski definition) is 1. The van der Waals surface area contributed by atoms with Crippen molar-refractivity contribution in [3.8, 4) is 0 Å². The summed E-state index contributed by atoms with van der Waals surface area (Å²) in [6.45, 7) is 10.8. The lowest BCUT2D eigenvalue weighted by molar-refractivity contribution is 0.0594. The van der Waals surface area contributed by atoms with Crippen LogP contribution in [0.2, 0.25) is 0 Å². The zero-order valence-corrected chi connectivity index (χ0v) is 19.4. The number of sulfonamides is 1. The Bertz CT molecular complexity index is 1040. The SMILES string of the molecule is COC(=O)c1[nH]c(C)c(C(=O)C(C)N(CC(C)C)S(=O)(=O)c2ccc(C)cc2)c1C. The summed E-state index contributed by atoms with van der Waals surface area (Å²) in [5.41, 5.74) is 2.41. The zero-order chi connectivity index (χ0) is 22.8. The fourth-order valence-electron chi connectivity index (χ4n) is 3.44. The molecule has 0 bridgehead atoms. The third-order valence-electron chi connectivity index (χ3n) is 5.06. The van der Waals surface area contributed by atoms with Crippen LogP contribution in [0.1, 0.15) is 58.4 Å². The van der Waals surface area contributed by atoms with Crippen molar-refractivity contribution < 1.29 is 22.7 Å². The first kappa shape index (κ1) is 23.8. The minimum absolute atomic E-state index is 0.0134. The molecule has 164 valence electrons. The lowest BCUT2D eigenvalue weighted by atomic mass is 10.0. The highest BCUT2D eigenvalue weighted by Gasteiger charge is 2.36. The summed E-state index contributed by atoms with van der Waals surface area (Å²) in [6.07, 6.45) is 0. The van der Waals surface area contributed by atoms with Crippen LogP contribution in [0.4, 0.5) is 0 Å². The molecule has 2 aromatic rings. The molecule has 1 aromatic carbocycles. The van der Waals surface area contributed by atoms with Crippen molar-refractivity contribution in [1.82, 2.24) is 9.29 Å². The Morgan fingerprint density at radius 1 is 1.07 bits per heavy atom. The van der Waals surface area contributed by atoms with Crippen LogP contribution in [0.25, 0.3) is 0 Å². The molecular formula is C22H30N2O5S. The quantitative estimate of drug-likeness (QED) is 0.505. The van der Waals surface area contributed by atoms with E-state index in [1.54, 1.807) is 45.0 Å². The number of rotatable bonds is 8. The second kappa shape index (κ2) is 9.14. The predicted octanol–water partition coefficient (Wildman–Crippen LogP) is 3.64. The molecule has 0 amide bonds. The molecule has 30 heavy (non-hydrogen) atoms. The number of methoxy groups -OCH3 is 1. The molecule has 0 saturated heterocycles. The van der Waals surface area contributed by atoms with E-state index in [0.29, 0.717) is 16.8 Å². The summed E-state index contributed by atoms with van der Waals surface area (Å²) in [5.74, 6) is -0.930. The van der Waals surface area contributed by atoms with E-state index >= 15 is 0 Å². The van der Waals surface area contributed by atoms with Crippen LogP contribution in [0.15, 0.2) is 29.2 Å². The van der Waals surface area contributed by atoms with Crippen molar-refractivity contribution in [2.24, 2.45) is 5.92 Å². The summed E-state index contributed by atoms with van der Waals surface area (Å²) in [5, 5.41) is 0. The van der Waals surface area contributed by atoms with E-state index in [4.69, 9.17) is 4.74 Å². The number of hydrogen-bond acceptors (Lipinski definition) is 5. The van der Waals surface area contributed by atoms with Crippen molar-refractivity contribution in [3.05, 3.63) is 52.3 Å². The summed E-state index contributed by atoms with van der Waals surface area (Å²) < 4.78 is 32.8. The molecule has 0 radical (unpaired) electrons. The lowest BCUT2D eigenvalue weighted by Crippen LogP contribution is -2.45. The van der Waals surface area contributed by atoms with Gasteiger partial charge in [-0.2, -0.15) is 4.31 Å². The zero-order valence-electron chi connectivity index (χ0n) is 18.6. The number of carbonyl (C=O) groups excluding carboxylic acids is 2. The molecule has 0 saturated carbocycles. The van der Waals surface area contributed by atoms with Crippen LogP contribution in [-0.2, 0) is 14.8 Å². The van der Waals surface area contributed by atoms with E-state index < -0.39 is 22.0 Å². The van der Waals surface area contributed by atoms with Crippen molar-refractivity contribution in [2.45, 2.75) is 52.5 Å². The summed E-state index contributed by atoms with van der Waals surface area (Å²) >= 11 is 0. The molecule has 0 spiro atoms. The number of benzene rings is 1. The summed E-state index contributed by atoms with van der Waals surface area (Å²) in [7, 11) is -2.63. The highest BCUT2D eigenvalue weighted by atomic mass is 32.2. The maximum atomic E-state index is 13.4. The van der Waals surface area contributed by atoms with Crippen LogP contribution < -0.4 is 0 Å². The highest BCUT2D eigenvalue weighted by molar-refractivity contribution is 7.89. The Morgan fingerprint density at radius 2 is 1.63 bits per heavy atom. The molecule has 8 heteroatoms. The molecule has 1 heterocycles. The first-order valence-corrected chi connectivity index (χ1v) is 11.3. The Morgan fingerprint density at radius 3 is 2.13 bits per heavy atom. The van der Waals surface area contributed by atoms with Gasteiger partial charge < -0.3 is 9.72 Å². The van der Waals surface area contributed by atoms with Crippen LogP contribution in [-0.4, -0.2) is 49.2 Å². The molecule has 7 nitrogen and oxygen atoms in total. The minimum atomic E-state index is -3.89. The Labute approximate surface area is 178 Å². The number of aryl methyl sites for hydroxylation is 2. The van der Waals surface area contributed by atoms with E-state index in [1.807, 2.05) is 20.8 Å². The number of nitrogens with zero attached hydrogens (tertiary/aromatic N) is 1. The standard InChI is InChI=1S/C22H30N2O5S/c1-13(2)12-24(30(27,28)18-10-8-14(3)9-11-18)17(6)21(25)19-15(4)20(22(26)29-7)23-16(19)5/h8-11,13,17,23H,12H2,1-7H3. The third kappa shape index (κ3) is 4.65. The van der Waals surface area contributed by atoms with E-state index in [0.717, 1.165) is 5.56 Å². The molecule has 0 aliphatic carbocycles. The van der Waals surface area contributed by atoms with E-state index in [9.17, 15) is 18.0 Å². The van der Waals surface area contributed by atoms with E-state index in [1.165, 1.54) is 11.4 Å². The van der Waals surface area contributed by atoms with Crippen LogP contribution >= 0.6 is 0 Å². The molecule has 1 atom stereocenters. The van der Waals surface area contributed by atoms with Gasteiger partial charge >= 0.3 is 5.97 Å². The van der Waals surface area contributed by atoms with Gasteiger partial charge in [-0.05, 0) is 51.3 Å². The average molecular weight is 435 g/mol. The van der Waals surface area contributed by atoms with Gasteiger partial charge in [-0.15, -0.1) is 0 Å². The fraction of sp³-hybridized carbons (Fsp3) is 0.455. The second-order valence-electron chi connectivity index (χ2n) is 7.94. The van der Waals surface area contributed by atoms with Gasteiger partial charge in [0.25, 0.3) is 0 Å². The monoisotopic (exact) mass is 434 g/mol. The van der Waals surface area contributed by atoms with E-state index in [2.05, 4.69) is 4.98 Å². The molecule has 0 aliphatic heterocycles. The summed E-state index contributed by atoms with van der Waals surface area (Å²) in [4.78, 5) is 28.4. The van der Waals surface area contributed by atoms with Crippen LogP contribution in [0, 0.1) is 26.7 Å². The van der Waals surface area contributed by atoms with Crippen molar-refractivity contribution in [1.29, 1.82) is 0 Å². The molecular weight excluding hydrogens is 404 g/mol. The second-order valence-corrected chi connectivity index (χ2v) is 9.83. The smallest absolute Gasteiger partial charge is 0.354 e. The number of nitrogens with one attached hydrogen (secondary N) is 1. The number of esters is 1. The van der Waals surface area contributed by atoms with Gasteiger partial charge in [0.1, 0.15) is 5.69 Å². The predicted molar refractivity (Wildman–Crippen MR) is 115 cm³/mol. The van der Waals surface area contributed by atoms with Gasteiger partial charge in [-0.3, -0.25) is 4.79 Å². The van der Waals surface area contributed by atoms with Gasteiger partial charge in [-0.1, -0.05) is 31.5 Å². The number of ketones is 1. The van der Waals surface area contributed by atoms with Crippen molar-refractivity contribution >= 4 is 21.8 Å². The normalized spacial score (nSPS) is 13.0. The van der Waals surface area contributed by atoms with Gasteiger partial charge in [0.05, 0.1) is 18.0 Å². The Kier molecular flexibility index (Phi) is 7.26. The molecule has 0 aliphatic rings. The van der Waals surface area contributed by atoms with Gasteiger partial charge in [0.15, 0.2) is 5.78 Å².